The van der Waals surface area contributed by atoms with E-state index < -0.39 is 0 Å². The average Bonchev–Trinajstić information content (AvgIpc) is 2.88. The van der Waals surface area contributed by atoms with E-state index >= 15 is 0 Å². The number of hydrogen-bond acceptors (Lipinski definition) is 4. The quantitative estimate of drug-likeness (QED) is 0.244. The number of benzene rings is 3. The largest absolute Gasteiger partial charge is 0.300 e. The predicted octanol–water partition coefficient (Wildman–Crippen LogP) is 5.43. The molecule has 33 heavy (non-hydrogen) atoms. The first-order valence-electron chi connectivity index (χ1n) is 11.8. The molecule has 0 heterocycles. The van der Waals surface area contributed by atoms with Crippen molar-refractivity contribution in [2.75, 3.05) is 39.3 Å². The Morgan fingerprint density at radius 3 is 1.27 bits per heavy atom. The highest BCUT2D eigenvalue weighted by atomic mass is 15.1. The van der Waals surface area contributed by atoms with Crippen molar-refractivity contribution in [1.82, 2.24) is 4.90 Å². The van der Waals surface area contributed by atoms with E-state index in [1.54, 1.807) is 0 Å². The number of aliphatic imine (C=N–C) groups is 3. The Kier molecular flexibility index (Phi) is 11.4. The molecule has 0 unspecified atom stereocenters. The zero-order valence-electron chi connectivity index (χ0n) is 19.3. The molecule has 0 fully saturated rings. The van der Waals surface area contributed by atoms with Crippen LogP contribution in [0.3, 0.4) is 0 Å². The van der Waals surface area contributed by atoms with Crippen molar-refractivity contribution in [3.05, 3.63) is 108 Å². The SMILES string of the molecule is C(=NCCCCN(CCN=Cc1ccccc1)CCN=Cc1ccccc1)c1ccccc1. The molecule has 3 aromatic carbocycles. The maximum absolute atomic E-state index is 4.62. The summed E-state index contributed by atoms with van der Waals surface area (Å²) < 4.78 is 0. The van der Waals surface area contributed by atoms with Gasteiger partial charge in [-0.2, -0.15) is 0 Å². The van der Waals surface area contributed by atoms with Crippen LogP contribution >= 0.6 is 0 Å². The molecule has 0 saturated carbocycles. The first-order valence-corrected chi connectivity index (χ1v) is 11.8. The molecule has 0 radical (unpaired) electrons. The van der Waals surface area contributed by atoms with E-state index in [9.17, 15) is 0 Å². The molecule has 0 aliphatic heterocycles. The minimum absolute atomic E-state index is 0.795. The van der Waals surface area contributed by atoms with Crippen LogP contribution in [-0.4, -0.2) is 62.8 Å². The molecule has 4 heteroatoms. The second kappa shape index (κ2) is 15.4. The molecule has 4 nitrogen and oxygen atoms in total. The van der Waals surface area contributed by atoms with Crippen LogP contribution in [-0.2, 0) is 0 Å². The van der Waals surface area contributed by atoms with Crippen LogP contribution in [0, 0.1) is 0 Å². The van der Waals surface area contributed by atoms with Crippen LogP contribution in [0.4, 0.5) is 0 Å². The summed E-state index contributed by atoms with van der Waals surface area (Å²) >= 11 is 0. The second-order valence-electron chi connectivity index (χ2n) is 7.89. The first kappa shape index (κ1) is 24.3. The summed E-state index contributed by atoms with van der Waals surface area (Å²) in [6.07, 6.45) is 8.10. The molecule has 3 rings (SSSR count). The van der Waals surface area contributed by atoms with Crippen molar-refractivity contribution >= 4 is 18.6 Å². The third kappa shape index (κ3) is 10.7. The van der Waals surface area contributed by atoms with Crippen LogP contribution in [0.5, 0.6) is 0 Å². The summed E-state index contributed by atoms with van der Waals surface area (Å²) in [5, 5.41) is 0. The molecular weight excluding hydrogens is 404 g/mol. The highest BCUT2D eigenvalue weighted by molar-refractivity contribution is 5.80. The van der Waals surface area contributed by atoms with Gasteiger partial charge in [0, 0.05) is 38.3 Å². The van der Waals surface area contributed by atoms with Gasteiger partial charge in [0.25, 0.3) is 0 Å². The fraction of sp³-hybridized carbons (Fsp3) is 0.276. The van der Waals surface area contributed by atoms with E-state index in [-0.39, 0.29) is 0 Å². The van der Waals surface area contributed by atoms with E-state index in [1.807, 2.05) is 73.2 Å². The Morgan fingerprint density at radius 1 is 0.455 bits per heavy atom. The number of unbranched alkanes of at least 4 members (excludes halogenated alkanes) is 1. The van der Waals surface area contributed by atoms with Crippen molar-refractivity contribution in [2.24, 2.45) is 15.0 Å². The summed E-state index contributed by atoms with van der Waals surface area (Å²) in [5.41, 5.74) is 3.45. The number of nitrogens with zero attached hydrogens (tertiary/aromatic N) is 4. The zero-order valence-corrected chi connectivity index (χ0v) is 19.3. The lowest BCUT2D eigenvalue weighted by Gasteiger charge is -2.20. The lowest BCUT2D eigenvalue weighted by molar-refractivity contribution is 0.284. The van der Waals surface area contributed by atoms with Gasteiger partial charge in [0.15, 0.2) is 0 Å². The Morgan fingerprint density at radius 2 is 0.848 bits per heavy atom. The highest BCUT2D eigenvalue weighted by Crippen LogP contribution is 2.00. The summed E-state index contributed by atoms with van der Waals surface area (Å²) in [5.74, 6) is 0. The molecule has 0 amide bonds. The Hall–Kier alpha value is -3.37. The topological polar surface area (TPSA) is 40.3 Å². The maximum atomic E-state index is 4.62. The van der Waals surface area contributed by atoms with Gasteiger partial charge in [0.1, 0.15) is 0 Å². The van der Waals surface area contributed by atoms with E-state index in [0.29, 0.717) is 0 Å². The van der Waals surface area contributed by atoms with Gasteiger partial charge in [-0.25, -0.2) is 0 Å². The third-order valence-corrected chi connectivity index (χ3v) is 5.22. The molecule has 0 spiro atoms. The molecule has 0 N–H and O–H groups in total. The highest BCUT2D eigenvalue weighted by Gasteiger charge is 2.03. The van der Waals surface area contributed by atoms with Crippen molar-refractivity contribution in [3.8, 4) is 0 Å². The Bertz CT molecular complexity index is 913. The summed E-state index contributed by atoms with van der Waals surface area (Å²) in [6.45, 7) is 5.38. The summed E-state index contributed by atoms with van der Waals surface area (Å²) in [7, 11) is 0. The van der Waals surface area contributed by atoms with Crippen LogP contribution in [0.2, 0.25) is 0 Å². The Balaban J connectivity index is 1.41. The van der Waals surface area contributed by atoms with Crippen molar-refractivity contribution in [2.45, 2.75) is 12.8 Å². The molecule has 0 atom stereocenters. The van der Waals surface area contributed by atoms with Gasteiger partial charge in [-0.3, -0.25) is 19.9 Å². The molecule has 170 valence electrons. The predicted molar refractivity (Wildman–Crippen MR) is 142 cm³/mol. The molecule has 0 saturated heterocycles. The third-order valence-electron chi connectivity index (χ3n) is 5.22. The van der Waals surface area contributed by atoms with Gasteiger partial charge in [-0.15, -0.1) is 0 Å². The minimum Gasteiger partial charge on any atom is -0.300 e. The van der Waals surface area contributed by atoms with Gasteiger partial charge >= 0.3 is 0 Å². The van der Waals surface area contributed by atoms with Crippen LogP contribution in [0.25, 0.3) is 0 Å². The normalized spacial score (nSPS) is 11.9. The standard InChI is InChI=1S/C29H34N4/c1-4-12-27(13-5-1)24-30-18-10-11-21-33(22-19-31-25-28-14-6-2-7-15-28)23-20-32-26-29-16-8-3-9-17-29/h1-9,12-17,24-26H,10-11,18-23H2. The zero-order chi connectivity index (χ0) is 22.8. The fourth-order valence-electron chi connectivity index (χ4n) is 3.40. The summed E-state index contributed by atoms with van der Waals surface area (Å²) in [4.78, 5) is 16.3. The molecule has 0 aliphatic carbocycles. The lowest BCUT2D eigenvalue weighted by atomic mass is 10.2. The van der Waals surface area contributed by atoms with E-state index in [0.717, 1.165) is 68.8 Å². The van der Waals surface area contributed by atoms with Gasteiger partial charge in [0.05, 0.1) is 13.1 Å². The number of hydrogen-bond donors (Lipinski definition) is 0. The fourth-order valence-corrected chi connectivity index (χ4v) is 3.40. The maximum Gasteiger partial charge on any atom is 0.0517 e. The van der Waals surface area contributed by atoms with Gasteiger partial charge in [-0.1, -0.05) is 91.0 Å². The summed E-state index contributed by atoms with van der Waals surface area (Å²) in [6, 6.07) is 30.8. The molecule has 0 bridgehead atoms. The molecular formula is C29H34N4. The van der Waals surface area contributed by atoms with Crippen molar-refractivity contribution in [3.63, 3.8) is 0 Å². The van der Waals surface area contributed by atoms with E-state index in [1.165, 1.54) is 0 Å². The van der Waals surface area contributed by atoms with Gasteiger partial charge in [-0.05, 0) is 36.1 Å². The smallest absolute Gasteiger partial charge is 0.0517 e. The van der Waals surface area contributed by atoms with Gasteiger partial charge < -0.3 is 0 Å². The minimum atomic E-state index is 0.795. The molecule has 0 aliphatic rings. The van der Waals surface area contributed by atoms with Crippen LogP contribution in [0.15, 0.2) is 106 Å². The van der Waals surface area contributed by atoms with Gasteiger partial charge in [0.2, 0.25) is 0 Å². The molecule has 0 aromatic heterocycles. The second-order valence-corrected chi connectivity index (χ2v) is 7.89. The van der Waals surface area contributed by atoms with Crippen LogP contribution < -0.4 is 0 Å². The first-order chi connectivity index (χ1) is 16.4. The van der Waals surface area contributed by atoms with Crippen molar-refractivity contribution in [1.29, 1.82) is 0 Å². The average molecular weight is 439 g/mol. The van der Waals surface area contributed by atoms with Crippen molar-refractivity contribution < 1.29 is 0 Å². The Labute approximate surface area is 198 Å². The molecule has 3 aromatic rings. The van der Waals surface area contributed by atoms with Crippen LogP contribution in [0.1, 0.15) is 29.5 Å². The van der Waals surface area contributed by atoms with E-state index in [2.05, 4.69) is 56.3 Å². The van der Waals surface area contributed by atoms with E-state index in [4.69, 9.17) is 0 Å². The number of rotatable bonds is 14. The monoisotopic (exact) mass is 438 g/mol. The lowest BCUT2D eigenvalue weighted by Crippen LogP contribution is -2.30.